The molecule has 0 saturated carbocycles. The summed E-state index contributed by atoms with van der Waals surface area (Å²) < 4.78 is 0. The first-order valence-electron chi connectivity index (χ1n) is 5.84. The largest absolute Gasteiger partial charge is 0.508 e. The maximum Gasteiger partial charge on any atom is 0.179 e. The summed E-state index contributed by atoms with van der Waals surface area (Å²) >= 11 is 0. The average molecular weight is 219 g/mol. The van der Waals surface area contributed by atoms with Crippen LogP contribution in [-0.2, 0) is 0 Å². The standard InChI is InChI=1S/C13H17NO2/c15-11-7-5-10(6-8-11)13(16)12-4-2-1-3-9-14-12/h5-8,12,14-15H,1-4,9H2. The van der Waals surface area contributed by atoms with Gasteiger partial charge >= 0.3 is 0 Å². The van der Waals surface area contributed by atoms with Crippen LogP contribution in [0.5, 0.6) is 5.75 Å². The molecule has 1 aromatic rings. The fourth-order valence-corrected chi connectivity index (χ4v) is 2.08. The summed E-state index contributed by atoms with van der Waals surface area (Å²) in [5, 5.41) is 12.4. The molecular weight excluding hydrogens is 202 g/mol. The van der Waals surface area contributed by atoms with Gasteiger partial charge in [-0.3, -0.25) is 4.79 Å². The number of carbonyl (C=O) groups excluding carboxylic acids is 1. The molecule has 1 aromatic carbocycles. The van der Waals surface area contributed by atoms with E-state index < -0.39 is 0 Å². The van der Waals surface area contributed by atoms with Crippen LogP contribution in [0.2, 0.25) is 0 Å². The van der Waals surface area contributed by atoms with Gasteiger partial charge in [-0.2, -0.15) is 0 Å². The van der Waals surface area contributed by atoms with Crippen molar-refractivity contribution in [2.75, 3.05) is 6.54 Å². The first kappa shape index (κ1) is 11.1. The second-order valence-electron chi connectivity index (χ2n) is 4.27. The average Bonchev–Trinajstić information content (AvgIpc) is 2.57. The Labute approximate surface area is 95.5 Å². The quantitative estimate of drug-likeness (QED) is 0.749. The molecule has 1 fully saturated rings. The molecule has 1 atom stereocenters. The van der Waals surface area contributed by atoms with Crippen molar-refractivity contribution in [3.63, 3.8) is 0 Å². The van der Waals surface area contributed by atoms with Gasteiger partial charge in [0.05, 0.1) is 6.04 Å². The molecule has 16 heavy (non-hydrogen) atoms. The molecule has 1 unspecified atom stereocenters. The molecule has 3 heteroatoms. The number of hydrogen-bond acceptors (Lipinski definition) is 3. The number of carbonyl (C=O) groups is 1. The molecule has 0 aromatic heterocycles. The summed E-state index contributed by atoms with van der Waals surface area (Å²) in [4.78, 5) is 12.1. The summed E-state index contributed by atoms with van der Waals surface area (Å²) in [6, 6.07) is 6.44. The first-order chi connectivity index (χ1) is 7.77. The molecule has 1 aliphatic rings. The third-order valence-electron chi connectivity index (χ3n) is 3.03. The van der Waals surface area contributed by atoms with E-state index in [2.05, 4.69) is 5.32 Å². The van der Waals surface area contributed by atoms with Crippen LogP contribution in [0.25, 0.3) is 0 Å². The number of nitrogens with one attached hydrogen (secondary N) is 1. The van der Waals surface area contributed by atoms with Crippen LogP contribution < -0.4 is 5.32 Å². The normalized spacial score (nSPS) is 21.4. The van der Waals surface area contributed by atoms with Gasteiger partial charge in [-0.05, 0) is 43.7 Å². The van der Waals surface area contributed by atoms with E-state index in [0.29, 0.717) is 5.56 Å². The number of phenolic OH excluding ortho intramolecular Hbond substituents is 1. The predicted octanol–water partition coefficient (Wildman–Crippen LogP) is 2.11. The maximum atomic E-state index is 12.1. The van der Waals surface area contributed by atoms with E-state index in [4.69, 9.17) is 5.11 Å². The molecule has 0 spiro atoms. The van der Waals surface area contributed by atoms with Gasteiger partial charge in [0.25, 0.3) is 0 Å². The Morgan fingerprint density at radius 2 is 1.94 bits per heavy atom. The summed E-state index contributed by atoms with van der Waals surface area (Å²) in [7, 11) is 0. The molecule has 1 saturated heterocycles. The van der Waals surface area contributed by atoms with Gasteiger partial charge in [0, 0.05) is 5.56 Å². The molecule has 0 bridgehead atoms. The highest BCUT2D eigenvalue weighted by atomic mass is 16.3. The van der Waals surface area contributed by atoms with E-state index >= 15 is 0 Å². The van der Waals surface area contributed by atoms with Crippen LogP contribution in [0.3, 0.4) is 0 Å². The Morgan fingerprint density at radius 3 is 2.69 bits per heavy atom. The SMILES string of the molecule is O=C(c1ccc(O)cc1)C1CCCCCN1. The Balaban J connectivity index is 2.08. The van der Waals surface area contributed by atoms with Crippen molar-refractivity contribution in [1.29, 1.82) is 0 Å². The lowest BCUT2D eigenvalue weighted by atomic mass is 10.0. The van der Waals surface area contributed by atoms with E-state index in [9.17, 15) is 4.79 Å². The van der Waals surface area contributed by atoms with Gasteiger partial charge in [0.1, 0.15) is 5.75 Å². The van der Waals surface area contributed by atoms with Crippen molar-refractivity contribution in [2.24, 2.45) is 0 Å². The molecule has 0 aliphatic carbocycles. The molecule has 3 nitrogen and oxygen atoms in total. The fourth-order valence-electron chi connectivity index (χ4n) is 2.08. The molecule has 2 N–H and O–H groups in total. The van der Waals surface area contributed by atoms with Crippen LogP contribution in [-0.4, -0.2) is 23.5 Å². The Kier molecular flexibility index (Phi) is 3.57. The molecule has 0 radical (unpaired) electrons. The predicted molar refractivity (Wildman–Crippen MR) is 62.7 cm³/mol. The number of hydrogen-bond donors (Lipinski definition) is 2. The van der Waals surface area contributed by atoms with Crippen molar-refractivity contribution in [3.8, 4) is 5.75 Å². The smallest absolute Gasteiger partial charge is 0.179 e. The van der Waals surface area contributed by atoms with Gasteiger partial charge in [-0.25, -0.2) is 0 Å². The number of aromatic hydroxyl groups is 1. The maximum absolute atomic E-state index is 12.1. The van der Waals surface area contributed by atoms with Gasteiger partial charge in [0.2, 0.25) is 0 Å². The molecule has 86 valence electrons. The number of Topliss-reactive ketones (excluding diaryl/α,β-unsaturated/α-hetero) is 1. The van der Waals surface area contributed by atoms with Crippen molar-refractivity contribution >= 4 is 5.78 Å². The van der Waals surface area contributed by atoms with Crippen molar-refractivity contribution in [1.82, 2.24) is 5.32 Å². The lowest BCUT2D eigenvalue weighted by molar-refractivity contribution is 0.0940. The van der Waals surface area contributed by atoms with Crippen molar-refractivity contribution < 1.29 is 9.90 Å². The minimum atomic E-state index is -0.0490. The third kappa shape index (κ3) is 2.61. The van der Waals surface area contributed by atoms with Crippen LogP contribution in [0.15, 0.2) is 24.3 Å². The van der Waals surface area contributed by atoms with Gasteiger partial charge < -0.3 is 10.4 Å². The molecular formula is C13H17NO2. The number of benzene rings is 1. The van der Waals surface area contributed by atoms with Crippen LogP contribution in [0.4, 0.5) is 0 Å². The molecule has 2 rings (SSSR count). The molecule has 1 heterocycles. The van der Waals surface area contributed by atoms with E-state index in [1.165, 1.54) is 6.42 Å². The monoisotopic (exact) mass is 219 g/mol. The highest BCUT2D eigenvalue weighted by Crippen LogP contribution is 2.15. The number of ketones is 1. The fraction of sp³-hybridized carbons (Fsp3) is 0.462. The summed E-state index contributed by atoms with van der Waals surface area (Å²) in [5.41, 5.74) is 0.678. The topological polar surface area (TPSA) is 49.3 Å². The second-order valence-corrected chi connectivity index (χ2v) is 4.27. The third-order valence-corrected chi connectivity index (χ3v) is 3.03. The van der Waals surface area contributed by atoms with Gasteiger partial charge in [0.15, 0.2) is 5.78 Å². The number of rotatable bonds is 2. The van der Waals surface area contributed by atoms with Gasteiger partial charge in [-0.1, -0.05) is 12.8 Å². The lowest BCUT2D eigenvalue weighted by Gasteiger charge is -2.14. The Morgan fingerprint density at radius 1 is 1.19 bits per heavy atom. The zero-order chi connectivity index (χ0) is 11.4. The summed E-state index contributed by atoms with van der Waals surface area (Å²) in [5.74, 6) is 0.340. The van der Waals surface area contributed by atoms with E-state index in [1.807, 2.05) is 0 Å². The van der Waals surface area contributed by atoms with Crippen LogP contribution in [0.1, 0.15) is 36.0 Å². The zero-order valence-corrected chi connectivity index (χ0v) is 9.28. The Hall–Kier alpha value is -1.35. The molecule has 0 amide bonds. The first-order valence-corrected chi connectivity index (χ1v) is 5.84. The highest BCUT2D eigenvalue weighted by molar-refractivity contribution is 6.00. The lowest BCUT2D eigenvalue weighted by Crippen LogP contribution is -2.35. The van der Waals surface area contributed by atoms with E-state index in [-0.39, 0.29) is 17.6 Å². The summed E-state index contributed by atoms with van der Waals surface area (Å²) in [6.45, 7) is 0.925. The van der Waals surface area contributed by atoms with Crippen LogP contribution in [0, 0.1) is 0 Å². The zero-order valence-electron chi connectivity index (χ0n) is 9.28. The summed E-state index contributed by atoms with van der Waals surface area (Å²) in [6.07, 6.45) is 4.38. The van der Waals surface area contributed by atoms with Crippen molar-refractivity contribution in [2.45, 2.75) is 31.7 Å². The van der Waals surface area contributed by atoms with E-state index in [0.717, 1.165) is 25.8 Å². The Bertz CT molecular complexity index is 351. The molecule has 1 aliphatic heterocycles. The highest BCUT2D eigenvalue weighted by Gasteiger charge is 2.20. The minimum Gasteiger partial charge on any atom is -0.508 e. The second kappa shape index (κ2) is 5.12. The van der Waals surface area contributed by atoms with Crippen LogP contribution >= 0.6 is 0 Å². The van der Waals surface area contributed by atoms with E-state index in [1.54, 1.807) is 24.3 Å². The number of phenols is 1. The van der Waals surface area contributed by atoms with Gasteiger partial charge in [-0.15, -0.1) is 0 Å². The van der Waals surface area contributed by atoms with Crippen molar-refractivity contribution in [3.05, 3.63) is 29.8 Å². The minimum absolute atomic E-state index is 0.0490.